The second-order valence-corrected chi connectivity index (χ2v) is 3.42. The molecule has 0 aromatic carbocycles. The number of amides is 1. The first-order valence-corrected chi connectivity index (χ1v) is 4.70. The lowest BCUT2D eigenvalue weighted by Gasteiger charge is -2.28. The maximum atomic E-state index is 11.4. The molecule has 1 rings (SSSR count). The predicted octanol–water partition coefficient (Wildman–Crippen LogP) is 2.17. The van der Waals surface area contributed by atoms with E-state index < -0.39 is 0 Å². The van der Waals surface area contributed by atoms with Crippen LogP contribution in [-0.4, -0.2) is 17.4 Å². The molecule has 0 spiro atoms. The first-order valence-electron chi connectivity index (χ1n) is 4.70. The van der Waals surface area contributed by atoms with E-state index in [1.54, 1.807) is 11.1 Å². The number of nitrogens with zero attached hydrogens (tertiary/aromatic N) is 1. The van der Waals surface area contributed by atoms with Crippen molar-refractivity contribution >= 4 is 5.91 Å². The van der Waals surface area contributed by atoms with Crippen molar-refractivity contribution in [2.45, 2.75) is 32.6 Å². The Labute approximate surface area is 74.2 Å². The molecule has 1 fully saturated rings. The molecule has 0 aromatic heterocycles. The Bertz CT molecular complexity index is 177. The molecule has 0 saturated carbocycles. The monoisotopic (exact) mass is 167 g/mol. The average molecular weight is 167 g/mol. The summed E-state index contributed by atoms with van der Waals surface area (Å²) in [5, 5.41) is 0. The Kier molecular flexibility index (Phi) is 3.32. The van der Waals surface area contributed by atoms with E-state index in [9.17, 15) is 4.79 Å². The van der Waals surface area contributed by atoms with Gasteiger partial charge in [-0.25, -0.2) is 0 Å². The number of hydrogen-bond donors (Lipinski definition) is 0. The predicted molar refractivity (Wildman–Crippen MR) is 49.5 cm³/mol. The fraction of sp³-hybridized carbons (Fsp3) is 0.700. The van der Waals surface area contributed by atoms with Gasteiger partial charge in [-0.3, -0.25) is 4.79 Å². The van der Waals surface area contributed by atoms with Crippen LogP contribution in [0.3, 0.4) is 0 Å². The van der Waals surface area contributed by atoms with Crippen molar-refractivity contribution < 1.29 is 4.79 Å². The maximum Gasteiger partial charge on any atom is 0.226 e. The molecule has 68 valence electrons. The van der Waals surface area contributed by atoms with Crippen molar-refractivity contribution in [3.8, 4) is 0 Å². The summed E-state index contributed by atoms with van der Waals surface area (Å²) in [4.78, 5) is 13.1. The summed E-state index contributed by atoms with van der Waals surface area (Å²) in [6.45, 7) is 6.65. The molecule has 0 aromatic rings. The third-order valence-corrected chi connectivity index (χ3v) is 2.48. The molecule has 1 amide bonds. The number of likely N-dealkylation sites (tertiary alicyclic amines) is 1. The normalized spacial score (nSPS) is 24.2. The van der Waals surface area contributed by atoms with Gasteiger partial charge in [0.05, 0.1) is 0 Å². The lowest BCUT2D eigenvalue weighted by Crippen LogP contribution is -2.34. The topological polar surface area (TPSA) is 20.3 Å². The number of rotatable bonds is 3. The average Bonchev–Trinajstić information content (AvgIpc) is 2.05. The lowest BCUT2D eigenvalue weighted by atomic mass is 9.92. The van der Waals surface area contributed by atoms with Crippen LogP contribution in [0.1, 0.15) is 32.6 Å². The van der Waals surface area contributed by atoms with E-state index in [0.717, 1.165) is 19.4 Å². The van der Waals surface area contributed by atoms with Gasteiger partial charge < -0.3 is 4.90 Å². The summed E-state index contributed by atoms with van der Waals surface area (Å²) in [7, 11) is 0. The molecule has 1 atom stereocenters. The molecule has 0 N–H and O–H groups in total. The highest BCUT2D eigenvalue weighted by molar-refractivity contribution is 5.78. The van der Waals surface area contributed by atoms with Crippen LogP contribution in [-0.2, 0) is 4.79 Å². The Balaban J connectivity index is 2.40. The van der Waals surface area contributed by atoms with Gasteiger partial charge in [0.25, 0.3) is 0 Å². The van der Waals surface area contributed by atoms with E-state index in [1.165, 1.54) is 12.8 Å². The minimum atomic E-state index is 0.245. The van der Waals surface area contributed by atoms with E-state index >= 15 is 0 Å². The summed E-state index contributed by atoms with van der Waals surface area (Å²) in [5.74, 6) is 0.869. The van der Waals surface area contributed by atoms with Crippen molar-refractivity contribution in [3.05, 3.63) is 12.8 Å². The van der Waals surface area contributed by atoms with Crippen molar-refractivity contribution in [1.82, 2.24) is 4.90 Å². The van der Waals surface area contributed by atoms with Gasteiger partial charge in [0.2, 0.25) is 5.91 Å². The first-order chi connectivity index (χ1) is 5.77. The molecule has 0 aliphatic carbocycles. The minimum Gasteiger partial charge on any atom is -0.320 e. The van der Waals surface area contributed by atoms with Crippen molar-refractivity contribution in [1.29, 1.82) is 0 Å². The van der Waals surface area contributed by atoms with Crippen molar-refractivity contribution in [2.24, 2.45) is 5.92 Å². The number of carbonyl (C=O) groups is 1. The number of hydrogen-bond acceptors (Lipinski definition) is 1. The van der Waals surface area contributed by atoms with Crippen LogP contribution in [0.2, 0.25) is 0 Å². The highest BCUT2D eigenvalue weighted by Crippen LogP contribution is 2.22. The fourth-order valence-corrected chi connectivity index (χ4v) is 1.76. The SMILES string of the molecule is C=CN1CCC(CCC)CC1=O. The second kappa shape index (κ2) is 4.29. The van der Waals surface area contributed by atoms with Gasteiger partial charge in [-0.2, -0.15) is 0 Å². The Morgan fingerprint density at radius 2 is 2.50 bits per heavy atom. The van der Waals surface area contributed by atoms with Crippen LogP contribution in [0, 0.1) is 5.92 Å². The Morgan fingerprint density at radius 1 is 1.75 bits per heavy atom. The van der Waals surface area contributed by atoms with Crippen LogP contribution in [0.25, 0.3) is 0 Å². The molecule has 2 heteroatoms. The van der Waals surface area contributed by atoms with Crippen molar-refractivity contribution in [2.75, 3.05) is 6.54 Å². The third-order valence-electron chi connectivity index (χ3n) is 2.48. The Morgan fingerprint density at radius 3 is 3.00 bits per heavy atom. The summed E-state index contributed by atoms with van der Waals surface area (Å²) in [6, 6.07) is 0. The largest absolute Gasteiger partial charge is 0.320 e. The molecule has 0 radical (unpaired) electrons. The van der Waals surface area contributed by atoms with Gasteiger partial charge in [-0.1, -0.05) is 26.3 Å². The van der Waals surface area contributed by atoms with E-state index in [2.05, 4.69) is 13.5 Å². The van der Waals surface area contributed by atoms with Crippen LogP contribution in [0.15, 0.2) is 12.8 Å². The smallest absolute Gasteiger partial charge is 0.226 e. The van der Waals surface area contributed by atoms with Gasteiger partial charge in [0, 0.05) is 13.0 Å². The van der Waals surface area contributed by atoms with Gasteiger partial charge >= 0.3 is 0 Å². The van der Waals surface area contributed by atoms with E-state index in [1.807, 2.05) is 0 Å². The van der Waals surface area contributed by atoms with Gasteiger partial charge in [-0.05, 0) is 18.5 Å². The Hall–Kier alpha value is -0.790. The first kappa shape index (κ1) is 9.30. The standard InChI is InChI=1S/C10H17NO/c1-3-5-9-6-7-11(4-2)10(12)8-9/h4,9H,2-3,5-8H2,1H3. The summed E-state index contributed by atoms with van der Waals surface area (Å²) >= 11 is 0. The number of carbonyl (C=O) groups excluding carboxylic acids is 1. The van der Waals surface area contributed by atoms with Gasteiger partial charge in [-0.15, -0.1) is 0 Å². The molecule has 12 heavy (non-hydrogen) atoms. The van der Waals surface area contributed by atoms with Crippen LogP contribution >= 0.6 is 0 Å². The molecule has 1 heterocycles. The molecule has 1 aliphatic rings. The summed E-state index contributed by atoms with van der Waals surface area (Å²) in [5.41, 5.74) is 0. The minimum absolute atomic E-state index is 0.245. The highest BCUT2D eigenvalue weighted by Gasteiger charge is 2.22. The molecular formula is C10H17NO. The number of piperidine rings is 1. The van der Waals surface area contributed by atoms with Gasteiger partial charge in [0.1, 0.15) is 0 Å². The molecule has 0 bridgehead atoms. The van der Waals surface area contributed by atoms with Gasteiger partial charge in [0.15, 0.2) is 0 Å². The molecule has 1 saturated heterocycles. The zero-order valence-corrected chi connectivity index (χ0v) is 7.75. The molecular weight excluding hydrogens is 150 g/mol. The second-order valence-electron chi connectivity index (χ2n) is 3.42. The zero-order chi connectivity index (χ0) is 8.97. The van der Waals surface area contributed by atoms with E-state index in [-0.39, 0.29) is 5.91 Å². The summed E-state index contributed by atoms with van der Waals surface area (Å²) < 4.78 is 0. The van der Waals surface area contributed by atoms with E-state index in [4.69, 9.17) is 0 Å². The third kappa shape index (κ3) is 2.10. The van der Waals surface area contributed by atoms with Crippen molar-refractivity contribution in [3.63, 3.8) is 0 Å². The lowest BCUT2D eigenvalue weighted by molar-refractivity contribution is -0.132. The molecule has 1 aliphatic heterocycles. The quantitative estimate of drug-likeness (QED) is 0.630. The maximum absolute atomic E-state index is 11.4. The molecule has 1 unspecified atom stereocenters. The summed E-state index contributed by atoms with van der Waals surface area (Å²) in [6.07, 6.45) is 5.89. The van der Waals surface area contributed by atoms with Crippen LogP contribution in [0.5, 0.6) is 0 Å². The highest BCUT2D eigenvalue weighted by atomic mass is 16.2. The molecule has 2 nitrogen and oxygen atoms in total. The fourth-order valence-electron chi connectivity index (χ4n) is 1.76. The van der Waals surface area contributed by atoms with Crippen LogP contribution < -0.4 is 0 Å². The van der Waals surface area contributed by atoms with Crippen LogP contribution in [0.4, 0.5) is 0 Å². The van der Waals surface area contributed by atoms with E-state index in [0.29, 0.717) is 5.92 Å². The zero-order valence-electron chi connectivity index (χ0n) is 7.75.